The monoisotopic (exact) mass is 445 g/mol. The molecule has 6 heteroatoms. The summed E-state index contributed by atoms with van der Waals surface area (Å²) in [5.41, 5.74) is 3.54. The molecule has 0 radical (unpaired) electrons. The van der Waals surface area contributed by atoms with Crippen molar-refractivity contribution in [1.29, 1.82) is 0 Å². The van der Waals surface area contributed by atoms with Gasteiger partial charge in [0.2, 0.25) is 5.91 Å². The van der Waals surface area contributed by atoms with E-state index in [0.29, 0.717) is 29.7 Å². The maximum atomic E-state index is 13.6. The van der Waals surface area contributed by atoms with Gasteiger partial charge in [-0.2, -0.15) is 0 Å². The first kappa shape index (κ1) is 22.0. The summed E-state index contributed by atoms with van der Waals surface area (Å²) >= 11 is 1.58. The second-order valence-corrected chi connectivity index (χ2v) is 9.04. The molecular formula is C26H27N3O2S. The van der Waals surface area contributed by atoms with E-state index in [-0.39, 0.29) is 17.5 Å². The summed E-state index contributed by atoms with van der Waals surface area (Å²) in [6.45, 7) is 8.52. The van der Waals surface area contributed by atoms with E-state index >= 15 is 0 Å². The molecule has 4 aromatic rings. The molecule has 5 nitrogen and oxygen atoms in total. The van der Waals surface area contributed by atoms with E-state index in [1.54, 1.807) is 26.9 Å². The van der Waals surface area contributed by atoms with Crippen molar-refractivity contribution in [3.63, 3.8) is 0 Å². The van der Waals surface area contributed by atoms with Crippen LogP contribution in [0.1, 0.15) is 41.7 Å². The van der Waals surface area contributed by atoms with Gasteiger partial charge >= 0.3 is 0 Å². The molecule has 0 aliphatic rings. The summed E-state index contributed by atoms with van der Waals surface area (Å²) in [4.78, 5) is 34.5. The predicted octanol–water partition coefficient (Wildman–Crippen LogP) is 5.22. The molecule has 0 saturated carbocycles. The minimum atomic E-state index is -0.369. The molecule has 1 amide bonds. The summed E-state index contributed by atoms with van der Waals surface area (Å²) in [5, 5.41) is 2.54. The highest BCUT2D eigenvalue weighted by Crippen LogP contribution is 2.25. The van der Waals surface area contributed by atoms with Gasteiger partial charge in [-0.05, 0) is 74.5 Å². The Morgan fingerprint density at radius 3 is 2.56 bits per heavy atom. The van der Waals surface area contributed by atoms with Gasteiger partial charge in [-0.15, -0.1) is 11.3 Å². The van der Waals surface area contributed by atoms with Crippen LogP contribution in [0, 0.1) is 13.8 Å². The number of likely N-dealkylation sites (N-methyl/N-ethyl adjacent to an activating group) is 1. The molecule has 32 heavy (non-hydrogen) atoms. The predicted molar refractivity (Wildman–Crippen MR) is 131 cm³/mol. The minimum Gasteiger partial charge on any atom is -0.333 e. The molecular weight excluding hydrogens is 418 g/mol. The van der Waals surface area contributed by atoms with Crippen molar-refractivity contribution < 1.29 is 4.79 Å². The van der Waals surface area contributed by atoms with E-state index < -0.39 is 0 Å². The number of hydrogen-bond donors (Lipinski definition) is 0. The van der Waals surface area contributed by atoms with Crippen LogP contribution < -0.4 is 5.56 Å². The molecule has 0 saturated heterocycles. The average Bonchev–Trinajstić information content (AvgIpc) is 3.29. The number of thiophene rings is 1. The lowest BCUT2D eigenvalue weighted by Gasteiger charge is -2.29. The van der Waals surface area contributed by atoms with Crippen molar-refractivity contribution in [2.75, 3.05) is 6.54 Å². The van der Waals surface area contributed by atoms with Gasteiger partial charge in [0.25, 0.3) is 5.56 Å². The first-order valence-corrected chi connectivity index (χ1v) is 11.7. The first-order chi connectivity index (χ1) is 15.4. The van der Waals surface area contributed by atoms with Gasteiger partial charge in [-0.3, -0.25) is 14.2 Å². The molecule has 2 heterocycles. The summed E-state index contributed by atoms with van der Waals surface area (Å²) < 4.78 is 1.67. The van der Waals surface area contributed by atoms with E-state index in [1.807, 2.05) is 81.6 Å². The van der Waals surface area contributed by atoms with E-state index in [2.05, 4.69) is 0 Å². The fourth-order valence-electron chi connectivity index (χ4n) is 4.01. The number of nitrogens with zero attached hydrogens (tertiary/aromatic N) is 3. The summed E-state index contributed by atoms with van der Waals surface area (Å²) in [6, 6.07) is 16.9. The summed E-state index contributed by atoms with van der Waals surface area (Å²) in [7, 11) is 0. The molecule has 4 rings (SSSR count). The van der Waals surface area contributed by atoms with Gasteiger partial charge in [-0.25, -0.2) is 4.98 Å². The normalized spacial score (nSPS) is 12.1. The fraction of sp³-hybridized carbons (Fsp3) is 0.269. The third-order valence-corrected chi connectivity index (χ3v) is 6.83. The van der Waals surface area contributed by atoms with Crippen molar-refractivity contribution in [3.05, 3.63) is 92.2 Å². The van der Waals surface area contributed by atoms with Crippen molar-refractivity contribution in [1.82, 2.24) is 14.5 Å². The quantitative estimate of drug-likeness (QED) is 0.409. The van der Waals surface area contributed by atoms with Crippen molar-refractivity contribution in [2.45, 2.75) is 40.2 Å². The largest absolute Gasteiger partial charge is 0.333 e. The summed E-state index contributed by atoms with van der Waals surface area (Å²) in [5.74, 6) is 0.592. The lowest BCUT2D eigenvalue weighted by atomic mass is 10.1. The van der Waals surface area contributed by atoms with Crippen LogP contribution in [0.4, 0.5) is 0 Å². The molecule has 0 fully saturated rings. The number of fused-ring (bicyclic) bond motifs is 1. The first-order valence-electron chi connectivity index (χ1n) is 10.8. The Labute approximate surface area is 192 Å². The van der Waals surface area contributed by atoms with Crippen LogP contribution in [-0.2, 0) is 11.2 Å². The molecule has 1 unspecified atom stereocenters. The molecule has 0 spiro atoms. The van der Waals surface area contributed by atoms with E-state index in [1.165, 1.54) is 0 Å². The zero-order chi connectivity index (χ0) is 22.8. The number of para-hydroxylation sites is 1. The second-order valence-electron chi connectivity index (χ2n) is 8.01. The van der Waals surface area contributed by atoms with Crippen LogP contribution in [0.15, 0.2) is 64.8 Å². The third kappa shape index (κ3) is 4.10. The second kappa shape index (κ2) is 9.09. The number of carbonyl (C=O) groups is 1. The molecule has 0 aliphatic carbocycles. The van der Waals surface area contributed by atoms with Crippen LogP contribution in [0.2, 0.25) is 0 Å². The lowest BCUT2D eigenvalue weighted by Crippen LogP contribution is -2.38. The minimum absolute atomic E-state index is 0.0245. The number of hydrogen-bond acceptors (Lipinski definition) is 4. The molecule has 0 aliphatic heterocycles. The van der Waals surface area contributed by atoms with Crippen LogP contribution in [-0.4, -0.2) is 26.9 Å². The molecule has 1 atom stereocenters. The summed E-state index contributed by atoms with van der Waals surface area (Å²) in [6.07, 6.45) is 0.345. The maximum absolute atomic E-state index is 13.6. The molecule has 2 aromatic carbocycles. The Morgan fingerprint density at radius 1 is 1.09 bits per heavy atom. The number of amides is 1. The number of carbonyl (C=O) groups excluding carboxylic acids is 1. The van der Waals surface area contributed by atoms with Crippen LogP contribution in [0.5, 0.6) is 0 Å². The maximum Gasteiger partial charge on any atom is 0.266 e. The van der Waals surface area contributed by atoms with Gasteiger partial charge in [-0.1, -0.05) is 24.3 Å². The Bertz CT molecular complexity index is 1320. The Balaban J connectivity index is 1.86. The van der Waals surface area contributed by atoms with Crippen molar-refractivity contribution in [3.8, 4) is 5.69 Å². The highest BCUT2D eigenvalue weighted by Gasteiger charge is 2.26. The number of aryl methyl sites for hydroxylation is 2. The zero-order valence-corrected chi connectivity index (χ0v) is 19.6. The van der Waals surface area contributed by atoms with Gasteiger partial charge in [0, 0.05) is 11.4 Å². The Morgan fingerprint density at radius 2 is 1.88 bits per heavy atom. The van der Waals surface area contributed by atoms with E-state index in [0.717, 1.165) is 21.7 Å². The van der Waals surface area contributed by atoms with Crippen LogP contribution in [0.3, 0.4) is 0 Å². The van der Waals surface area contributed by atoms with Crippen molar-refractivity contribution in [2.24, 2.45) is 0 Å². The zero-order valence-electron chi connectivity index (χ0n) is 18.8. The Kier molecular flexibility index (Phi) is 6.24. The van der Waals surface area contributed by atoms with Gasteiger partial charge in [0.1, 0.15) is 5.82 Å². The SMILES string of the molecule is CCN(C(=O)Cc1cccs1)C(C)c1nc2ccccc2c(=O)n1-c1ccc(C)c(C)c1. The van der Waals surface area contributed by atoms with Gasteiger partial charge in [0.15, 0.2) is 0 Å². The highest BCUT2D eigenvalue weighted by molar-refractivity contribution is 7.10. The number of rotatable bonds is 6. The van der Waals surface area contributed by atoms with Gasteiger partial charge in [0.05, 0.1) is 29.1 Å². The van der Waals surface area contributed by atoms with Crippen molar-refractivity contribution >= 4 is 28.1 Å². The molecule has 0 N–H and O–H groups in total. The van der Waals surface area contributed by atoms with Crippen LogP contribution in [0.25, 0.3) is 16.6 Å². The fourth-order valence-corrected chi connectivity index (χ4v) is 4.71. The standard InChI is InChI=1S/C26H27N3O2S/c1-5-28(24(30)16-21-9-8-14-32-21)19(4)25-27-23-11-7-6-10-22(23)26(31)29(25)20-13-12-17(2)18(3)15-20/h6-15,19H,5,16H2,1-4H3. The highest BCUT2D eigenvalue weighted by atomic mass is 32.1. The molecule has 2 aromatic heterocycles. The Hall–Kier alpha value is -3.25. The number of benzene rings is 2. The van der Waals surface area contributed by atoms with E-state index in [9.17, 15) is 9.59 Å². The molecule has 0 bridgehead atoms. The lowest BCUT2D eigenvalue weighted by molar-refractivity contribution is -0.132. The van der Waals surface area contributed by atoms with E-state index in [4.69, 9.17) is 4.98 Å². The third-order valence-electron chi connectivity index (χ3n) is 5.96. The van der Waals surface area contributed by atoms with Gasteiger partial charge < -0.3 is 4.90 Å². The van der Waals surface area contributed by atoms with Crippen LogP contribution >= 0.6 is 11.3 Å². The topological polar surface area (TPSA) is 55.2 Å². The molecule has 164 valence electrons. The average molecular weight is 446 g/mol. The number of aromatic nitrogens is 2. The smallest absolute Gasteiger partial charge is 0.266 e.